The van der Waals surface area contributed by atoms with Gasteiger partial charge in [0.2, 0.25) is 0 Å². The van der Waals surface area contributed by atoms with E-state index in [1.165, 1.54) is 0 Å². The zero-order valence-electron chi connectivity index (χ0n) is 11.0. The molecule has 0 amide bonds. The summed E-state index contributed by atoms with van der Waals surface area (Å²) in [6.07, 6.45) is -2.60. The highest BCUT2D eigenvalue weighted by atomic mass is 16.8. The summed E-state index contributed by atoms with van der Waals surface area (Å²) in [6, 6.07) is 0. The average Bonchev–Trinajstić information content (AvgIpc) is 2.89. The van der Waals surface area contributed by atoms with Crippen LogP contribution in [0.15, 0.2) is 0 Å². The number of rotatable bonds is 4. The first-order valence-corrected chi connectivity index (χ1v) is 5.81. The van der Waals surface area contributed by atoms with Crippen LogP contribution in [0.25, 0.3) is 0 Å². The largest absolute Gasteiger partial charge is 0.509 e. The lowest BCUT2D eigenvalue weighted by molar-refractivity contribution is -0.0406. The second-order valence-corrected chi connectivity index (χ2v) is 5.01. The van der Waals surface area contributed by atoms with Gasteiger partial charge in [-0.3, -0.25) is 0 Å². The number of cyclic esters (lactones) is 4. The van der Waals surface area contributed by atoms with Gasteiger partial charge in [-0.05, 0) is 13.8 Å². The summed E-state index contributed by atoms with van der Waals surface area (Å²) < 4.78 is 28.5. The van der Waals surface area contributed by atoms with E-state index in [1.54, 1.807) is 13.8 Å². The van der Waals surface area contributed by atoms with E-state index in [9.17, 15) is 14.4 Å². The summed E-state index contributed by atoms with van der Waals surface area (Å²) in [5, 5.41) is 0. The van der Waals surface area contributed by atoms with Crippen molar-refractivity contribution in [1.29, 1.82) is 0 Å². The van der Waals surface area contributed by atoms with Crippen molar-refractivity contribution in [3.63, 3.8) is 0 Å². The first-order valence-electron chi connectivity index (χ1n) is 5.81. The molecule has 0 aromatic heterocycles. The van der Waals surface area contributed by atoms with Crippen molar-refractivity contribution in [2.24, 2.45) is 0 Å². The Morgan fingerprint density at radius 3 is 1.70 bits per heavy atom. The second kappa shape index (κ2) is 5.06. The van der Waals surface area contributed by atoms with E-state index in [2.05, 4.69) is 9.47 Å². The van der Waals surface area contributed by atoms with Crippen molar-refractivity contribution in [3.05, 3.63) is 0 Å². The van der Waals surface area contributed by atoms with Crippen LogP contribution in [-0.4, -0.2) is 56.1 Å². The van der Waals surface area contributed by atoms with E-state index in [1.807, 2.05) is 0 Å². The molecule has 2 atom stereocenters. The molecule has 2 unspecified atom stereocenters. The fourth-order valence-corrected chi connectivity index (χ4v) is 1.55. The molecule has 2 rings (SSSR count). The molecule has 0 aromatic rings. The Bertz CT molecular complexity index is 396. The van der Waals surface area contributed by atoms with Crippen molar-refractivity contribution in [3.8, 4) is 0 Å². The van der Waals surface area contributed by atoms with Crippen LogP contribution in [0.3, 0.4) is 0 Å². The topological polar surface area (TPSA) is 107 Å². The molecule has 0 bridgehead atoms. The van der Waals surface area contributed by atoms with Crippen LogP contribution in [-0.2, 0) is 28.4 Å². The van der Waals surface area contributed by atoms with Gasteiger partial charge in [0.1, 0.15) is 26.4 Å². The van der Waals surface area contributed by atoms with E-state index < -0.39 is 29.7 Å². The molecule has 0 N–H and O–H groups in total. The van der Waals surface area contributed by atoms with Gasteiger partial charge in [-0.25, -0.2) is 14.4 Å². The lowest BCUT2D eigenvalue weighted by Crippen LogP contribution is -2.37. The van der Waals surface area contributed by atoms with Crippen molar-refractivity contribution in [2.75, 3.05) is 26.4 Å². The molecule has 0 aliphatic carbocycles. The van der Waals surface area contributed by atoms with Crippen LogP contribution < -0.4 is 0 Å². The maximum Gasteiger partial charge on any atom is 0.509 e. The molecule has 0 aromatic carbocycles. The van der Waals surface area contributed by atoms with Crippen molar-refractivity contribution < 1.29 is 42.8 Å². The van der Waals surface area contributed by atoms with Crippen LogP contribution in [0.1, 0.15) is 13.8 Å². The zero-order chi connectivity index (χ0) is 14.8. The van der Waals surface area contributed by atoms with Gasteiger partial charge in [0, 0.05) is 0 Å². The number of ether oxygens (including phenoxy) is 6. The van der Waals surface area contributed by atoms with E-state index in [0.717, 1.165) is 0 Å². The molecule has 9 nitrogen and oxygen atoms in total. The molecule has 2 fully saturated rings. The number of hydrogen-bond donors (Lipinski definition) is 0. The standard InChI is InChI=1S/C11H14O9/c1-10(5-17-8(13)19-10)3-15-7(12)16-4-11(2)6-18-9(14)20-11/h3-6H2,1-2H3. The number of hydrogen-bond acceptors (Lipinski definition) is 9. The molecule has 112 valence electrons. The van der Waals surface area contributed by atoms with Crippen molar-refractivity contribution >= 4 is 18.5 Å². The molecule has 2 aliphatic heterocycles. The Morgan fingerprint density at radius 1 is 1.00 bits per heavy atom. The van der Waals surface area contributed by atoms with Gasteiger partial charge in [0.15, 0.2) is 11.2 Å². The number of carbonyl (C=O) groups excluding carboxylic acids is 3. The van der Waals surface area contributed by atoms with E-state index in [4.69, 9.17) is 18.9 Å². The van der Waals surface area contributed by atoms with Gasteiger partial charge in [0.05, 0.1) is 0 Å². The van der Waals surface area contributed by atoms with Crippen LogP contribution in [0.5, 0.6) is 0 Å². The minimum Gasteiger partial charge on any atom is -0.430 e. The number of carbonyl (C=O) groups is 3. The van der Waals surface area contributed by atoms with Crippen LogP contribution >= 0.6 is 0 Å². The molecule has 2 heterocycles. The molecule has 0 spiro atoms. The predicted octanol–water partition coefficient (Wildman–Crippen LogP) is 0.991. The SMILES string of the molecule is CC1(COC(=O)OCC2(C)COC(=O)O2)COC(=O)O1. The van der Waals surface area contributed by atoms with Gasteiger partial charge in [-0.1, -0.05) is 0 Å². The summed E-state index contributed by atoms with van der Waals surface area (Å²) in [6.45, 7) is 2.68. The smallest absolute Gasteiger partial charge is 0.430 e. The predicted molar refractivity (Wildman–Crippen MR) is 59.0 cm³/mol. The summed E-state index contributed by atoms with van der Waals surface area (Å²) in [7, 11) is 0. The lowest BCUT2D eigenvalue weighted by atomic mass is 10.1. The van der Waals surface area contributed by atoms with Gasteiger partial charge in [-0.2, -0.15) is 0 Å². The van der Waals surface area contributed by atoms with Crippen LogP contribution in [0, 0.1) is 0 Å². The third kappa shape index (κ3) is 3.43. The summed E-state index contributed by atoms with van der Waals surface area (Å²) in [5.41, 5.74) is -2.05. The molecule has 20 heavy (non-hydrogen) atoms. The molecule has 0 saturated carbocycles. The summed E-state index contributed by atoms with van der Waals surface area (Å²) >= 11 is 0. The normalized spacial score (nSPS) is 31.9. The highest BCUT2D eigenvalue weighted by Gasteiger charge is 2.41. The highest BCUT2D eigenvalue weighted by molar-refractivity contribution is 5.64. The van der Waals surface area contributed by atoms with Gasteiger partial charge in [-0.15, -0.1) is 0 Å². The maximum absolute atomic E-state index is 11.4. The quantitative estimate of drug-likeness (QED) is 0.553. The van der Waals surface area contributed by atoms with E-state index in [0.29, 0.717) is 0 Å². The second-order valence-electron chi connectivity index (χ2n) is 5.01. The fraction of sp³-hybridized carbons (Fsp3) is 0.727. The van der Waals surface area contributed by atoms with Gasteiger partial charge in [0.25, 0.3) is 0 Å². The molecular weight excluding hydrogens is 276 g/mol. The first kappa shape index (κ1) is 14.2. The van der Waals surface area contributed by atoms with Crippen molar-refractivity contribution in [2.45, 2.75) is 25.0 Å². The molecule has 2 aliphatic rings. The maximum atomic E-state index is 11.4. The summed E-state index contributed by atoms with van der Waals surface area (Å²) in [5.74, 6) is 0. The third-order valence-corrected chi connectivity index (χ3v) is 2.64. The highest BCUT2D eigenvalue weighted by Crippen LogP contribution is 2.21. The lowest BCUT2D eigenvalue weighted by Gasteiger charge is -2.21. The third-order valence-electron chi connectivity index (χ3n) is 2.64. The Balaban J connectivity index is 1.71. The monoisotopic (exact) mass is 290 g/mol. The Hall–Kier alpha value is -2.19. The minimum atomic E-state index is -1.02. The van der Waals surface area contributed by atoms with Gasteiger partial charge < -0.3 is 28.4 Å². The Labute approximate surface area is 114 Å². The van der Waals surface area contributed by atoms with Crippen molar-refractivity contribution in [1.82, 2.24) is 0 Å². The van der Waals surface area contributed by atoms with E-state index >= 15 is 0 Å². The van der Waals surface area contributed by atoms with Gasteiger partial charge >= 0.3 is 18.5 Å². The first-order chi connectivity index (χ1) is 9.30. The summed E-state index contributed by atoms with van der Waals surface area (Å²) in [4.78, 5) is 33.0. The molecule has 9 heteroatoms. The Morgan fingerprint density at radius 2 is 1.40 bits per heavy atom. The fourth-order valence-electron chi connectivity index (χ4n) is 1.55. The zero-order valence-corrected chi connectivity index (χ0v) is 11.0. The van der Waals surface area contributed by atoms with Crippen LogP contribution in [0.4, 0.5) is 14.4 Å². The molecular formula is C11H14O9. The van der Waals surface area contributed by atoms with Crippen LogP contribution in [0.2, 0.25) is 0 Å². The van der Waals surface area contributed by atoms with E-state index in [-0.39, 0.29) is 26.4 Å². The molecule has 2 saturated heterocycles. The minimum absolute atomic E-state index is 0.0116. The average molecular weight is 290 g/mol. The molecule has 0 radical (unpaired) electrons. The Kier molecular flexibility index (Phi) is 3.60.